The maximum absolute atomic E-state index is 4.42. The third-order valence-corrected chi connectivity index (χ3v) is 3.96. The Morgan fingerprint density at radius 1 is 1.52 bits per heavy atom. The van der Waals surface area contributed by atoms with Crippen molar-refractivity contribution in [3.8, 4) is 0 Å². The Labute approximate surface area is 127 Å². The van der Waals surface area contributed by atoms with E-state index in [1.165, 1.54) is 12.0 Å². The summed E-state index contributed by atoms with van der Waals surface area (Å²) < 4.78 is 1.88. The minimum Gasteiger partial charge on any atom is -0.356 e. The monoisotopic (exact) mass is 292 g/mol. The number of rotatable bonds is 5. The summed E-state index contributed by atoms with van der Waals surface area (Å²) in [5, 5.41) is 7.75. The molecule has 1 aromatic heterocycles. The van der Waals surface area contributed by atoms with Crippen LogP contribution < -0.4 is 5.32 Å². The van der Waals surface area contributed by atoms with E-state index in [2.05, 4.69) is 45.5 Å². The Balaban J connectivity index is 1.81. The van der Waals surface area contributed by atoms with E-state index in [4.69, 9.17) is 0 Å². The number of nitrogens with one attached hydrogen (secondary N) is 1. The molecule has 0 aromatic carbocycles. The Morgan fingerprint density at radius 3 is 2.95 bits per heavy atom. The van der Waals surface area contributed by atoms with Gasteiger partial charge in [-0.15, -0.1) is 0 Å². The Morgan fingerprint density at radius 2 is 2.33 bits per heavy atom. The number of aryl methyl sites for hydroxylation is 1. The highest BCUT2D eigenvalue weighted by atomic mass is 15.3. The average molecular weight is 292 g/mol. The van der Waals surface area contributed by atoms with E-state index >= 15 is 0 Å². The SMILES string of the molecule is CN=C(NCCCN(C)C)N1CCC(c2cnn(C)c2)C1. The van der Waals surface area contributed by atoms with Crippen molar-refractivity contribution in [3.63, 3.8) is 0 Å². The Bertz CT molecular complexity index is 464. The molecule has 6 nitrogen and oxygen atoms in total. The van der Waals surface area contributed by atoms with Gasteiger partial charge in [-0.2, -0.15) is 5.10 Å². The molecular formula is C15H28N6. The van der Waals surface area contributed by atoms with Crippen LogP contribution >= 0.6 is 0 Å². The summed E-state index contributed by atoms with van der Waals surface area (Å²) in [7, 11) is 8.05. The molecule has 1 atom stereocenters. The molecule has 118 valence electrons. The Kier molecular flexibility index (Phi) is 5.61. The number of hydrogen-bond acceptors (Lipinski definition) is 3. The molecular weight excluding hydrogens is 264 g/mol. The van der Waals surface area contributed by atoms with E-state index in [0.717, 1.165) is 38.6 Å². The lowest BCUT2D eigenvalue weighted by Crippen LogP contribution is -2.40. The highest BCUT2D eigenvalue weighted by molar-refractivity contribution is 5.80. The summed E-state index contributed by atoms with van der Waals surface area (Å²) in [5.41, 5.74) is 1.34. The summed E-state index contributed by atoms with van der Waals surface area (Å²) in [6.07, 6.45) is 6.42. The first-order chi connectivity index (χ1) is 10.1. The van der Waals surface area contributed by atoms with Crippen molar-refractivity contribution < 1.29 is 0 Å². The zero-order valence-corrected chi connectivity index (χ0v) is 13.7. The van der Waals surface area contributed by atoms with E-state index in [0.29, 0.717) is 5.92 Å². The van der Waals surface area contributed by atoms with Gasteiger partial charge in [-0.1, -0.05) is 0 Å². The van der Waals surface area contributed by atoms with Crippen LogP contribution in [0.15, 0.2) is 17.4 Å². The molecule has 1 aromatic rings. The predicted octanol–water partition coefficient (Wildman–Crippen LogP) is 0.737. The zero-order chi connectivity index (χ0) is 15.2. The first kappa shape index (κ1) is 15.8. The van der Waals surface area contributed by atoms with Gasteiger partial charge in [0, 0.05) is 45.8 Å². The van der Waals surface area contributed by atoms with Crippen LogP contribution in [0.2, 0.25) is 0 Å². The largest absolute Gasteiger partial charge is 0.356 e. The molecule has 1 aliphatic rings. The lowest BCUT2D eigenvalue weighted by atomic mass is 10.0. The van der Waals surface area contributed by atoms with Crippen molar-refractivity contribution in [2.24, 2.45) is 12.0 Å². The molecule has 6 heteroatoms. The standard InChI is InChI=1S/C15H28N6/c1-16-15(17-7-5-8-19(2)3)21-9-6-13(12-21)14-10-18-20(4)11-14/h10-11,13H,5-9,12H2,1-4H3,(H,16,17). The third kappa shape index (κ3) is 4.46. The summed E-state index contributed by atoms with van der Waals surface area (Å²) in [6.45, 7) is 4.16. The van der Waals surface area contributed by atoms with Gasteiger partial charge < -0.3 is 15.1 Å². The van der Waals surface area contributed by atoms with Crippen LogP contribution in [-0.2, 0) is 7.05 Å². The van der Waals surface area contributed by atoms with Crippen LogP contribution in [0.25, 0.3) is 0 Å². The summed E-state index contributed by atoms with van der Waals surface area (Å²) in [5.74, 6) is 1.60. The summed E-state index contributed by atoms with van der Waals surface area (Å²) >= 11 is 0. The quantitative estimate of drug-likeness (QED) is 0.494. The van der Waals surface area contributed by atoms with Crippen molar-refractivity contribution >= 4 is 5.96 Å². The van der Waals surface area contributed by atoms with Crippen LogP contribution in [0.5, 0.6) is 0 Å². The first-order valence-electron chi connectivity index (χ1n) is 7.69. The van der Waals surface area contributed by atoms with Crippen molar-refractivity contribution in [1.29, 1.82) is 0 Å². The molecule has 0 radical (unpaired) electrons. The maximum atomic E-state index is 4.42. The molecule has 2 rings (SSSR count). The second kappa shape index (κ2) is 7.45. The highest BCUT2D eigenvalue weighted by Gasteiger charge is 2.26. The number of likely N-dealkylation sites (tertiary alicyclic amines) is 1. The van der Waals surface area contributed by atoms with Crippen molar-refractivity contribution in [3.05, 3.63) is 18.0 Å². The molecule has 0 spiro atoms. The summed E-state index contributed by atoms with van der Waals surface area (Å²) in [6, 6.07) is 0. The van der Waals surface area contributed by atoms with Crippen LogP contribution in [0.3, 0.4) is 0 Å². The first-order valence-corrected chi connectivity index (χ1v) is 7.69. The van der Waals surface area contributed by atoms with Gasteiger partial charge in [0.1, 0.15) is 0 Å². The number of nitrogens with zero attached hydrogens (tertiary/aromatic N) is 5. The fraction of sp³-hybridized carbons (Fsp3) is 0.733. The number of hydrogen-bond donors (Lipinski definition) is 1. The van der Waals surface area contributed by atoms with Gasteiger partial charge in [0.25, 0.3) is 0 Å². The molecule has 1 unspecified atom stereocenters. The highest BCUT2D eigenvalue weighted by Crippen LogP contribution is 2.26. The molecule has 1 saturated heterocycles. The number of aliphatic imine (C=N–C) groups is 1. The van der Waals surface area contributed by atoms with E-state index in [9.17, 15) is 0 Å². The Hall–Kier alpha value is -1.56. The average Bonchev–Trinajstić information content (AvgIpc) is 3.07. The molecule has 1 fully saturated rings. The smallest absolute Gasteiger partial charge is 0.193 e. The second-order valence-corrected chi connectivity index (χ2v) is 6.01. The molecule has 1 N–H and O–H groups in total. The van der Waals surface area contributed by atoms with E-state index in [1.54, 1.807) is 0 Å². The van der Waals surface area contributed by atoms with Crippen LogP contribution in [-0.4, -0.2) is 72.9 Å². The van der Waals surface area contributed by atoms with Gasteiger partial charge in [0.2, 0.25) is 0 Å². The van der Waals surface area contributed by atoms with Crippen LogP contribution in [0, 0.1) is 0 Å². The zero-order valence-electron chi connectivity index (χ0n) is 13.7. The molecule has 0 bridgehead atoms. The van der Waals surface area contributed by atoms with Crippen LogP contribution in [0.1, 0.15) is 24.3 Å². The fourth-order valence-corrected chi connectivity index (χ4v) is 2.80. The topological polar surface area (TPSA) is 48.7 Å². The second-order valence-electron chi connectivity index (χ2n) is 6.01. The molecule has 0 saturated carbocycles. The van der Waals surface area contributed by atoms with Crippen LogP contribution in [0.4, 0.5) is 0 Å². The fourth-order valence-electron chi connectivity index (χ4n) is 2.80. The van der Waals surface area contributed by atoms with Gasteiger partial charge >= 0.3 is 0 Å². The predicted molar refractivity (Wildman–Crippen MR) is 86.7 cm³/mol. The lowest BCUT2D eigenvalue weighted by molar-refractivity contribution is 0.396. The van der Waals surface area contributed by atoms with Crippen molar-refractivity contribution in [2.45, 2.75) is 18.8 Å². The molecule has 0 amide bonds. The van der Waals surface area contributed by atoms with Gasteiger partial charge in [-0.25, -0.2) is 0 Å². The minimum absolute atomic E-state index is 0.569. The maximum Gasteiger partial charge on any atom is 0.193 e. The minimum atomic E-state index is 0.569. The van der Waals surface area contributed by atoms with E-state index in [1.807, 2.05) is 25.0 Å². The van der Waals surface area contributed by atoms with E-state index < -0.39 is 0 Å². The third-order valence-electron chi connectivity index (χ3n) is 3.96. The molecule has 1 aliphatic heterocycles. The lowest BCUT2D eigenvalue weighted by Gasteiger charge is -2.22. The number of guanidine groups is 1. The molecule has 21 heavy (non-hydrogen) atoms. The van der Waals surface area contributed by atoms with E-state index in [-0.39, 0.29) is 0 Å². The molecule has 2 heterocycles. The van der Waals surface area contributed by atoms with Crippen molar-refractivity contribution in [2.75, 3.05) is 47.3 Å². The van der Waals surface area contributed by atoms with Crippen molar-refractivity contribution in [1.82, 2.24) is 24.9 Å². The molecule has 0 aliphatic carbocycles. The summed E-state index contributed by atoms with van der Waals surface area (Å²) in [4.78, 5) is 8.98. The number of aromatic nitrogens is 2. The normalized spacial score (nSPS) is 19.6. The van der Waals surface area contributed by atoms with Gasteiger partial charge in [-0.3, -0.25) is 9.67 Å². The van der Waals surface area contributed by atoms with Gasteiger partial charge in [0.15, 0.2) is 5.96 Å². The van der Waals surface area contributed by atoms with Gasteiger partial charge in [-0.05, 0) is 39.0 Å². The van der Waals surface area contributed by atoms with Gasteiger partial charge in [0.05, 0.1) is 6.20 Å².